The standard InChI is InChI=1S/C36H44/c1-11-16-18-26(14-4)34-30-22-20-28(36(9,10)15-5)24-32(30)33(25(13-3)17-12-2)29-21-19-27(23-31(29)34)35(6,7)8/h11-14,16-24H,1,15H2,2-10H3/b17-12-,18-16-,25-13+,26-14+. The molecule has 3 aromatic carbocycles. The Labute approximate surface area is 219 Å². The van der Waals surface area contributed by atoms with Crippen LogP contribution in [0.1, 0.15) is 91.0 Å². The van der Waals surface area contributed by atoms with Gasteiger partial charge in [0.15, 0.2) is 0 Å². The van der Waals surface area contributed by atoms with Gasteiger partial charge in [0, 0.05) is 0 Å². The molecule has 0 unspecified atom stereocenters. The summed E-state index contributed by atoms with van der Waals surface area (Å²) in [6, 6.07) is 14.2. The van der Waals surface area contributed by atoms with Crippen LogP contribution in [0.2, 0.25) is 0 Å². The zero-order chi connectivity index (χ0) is 26.7. The van der Waals surface area contributed by atoms with Gasteiger partial charge >= 0.3 is 0 Å². The third kappa shape index (κ3) is 5.19. The molecule has 3 rings (SSSR count). The SMILES string of the molecule is C=C/C=C\C(=C/C)c1c2ccc(C(C)(C)CC)cc2c(C(/C=C\C)=C/C)c2ccc(C(C)(C)C)cc12. The monoisotopic (exact) mass is 476 g/mol. The Kier molecular flexibility index (Phi) is 8.29. The van der Waals surface area contributed by atoms with E-state index in [9.17, 15) is 0 Å². The van der Waals surface area contributed by atoms with E-state index in [1.807, 2.05) is 12.2 Å². The van der Waals surface area contributed by atoms with Crippen molar-refractivity contribution < 1.29 is 0 Å². The predicted octanol–water partition coefficient (Wildman–Crippen LogP) is 11.1. The van der Waals surface area contributed by atoms with Gasteiger partial charge in [-0.15, -0.1) is 0 Å². The van der Waals surface area contributed by atoms with Crippen molar-refractivity contribution in [2.45, 2.75) is 79.6 Å². The van der Waals surface area contributed by atoms with E-state index in [2.05, 4.69) is 136 Å². The van der Waals surface area contributed by atoms with Crippen molar-refractivity contribution in [3.63, 3.8) is 0 Å². The predicted molar refractivity (Wildman–Crippen MR) is 165 cm³/mol. The third-order valence-corrected chi connectivity index (χ3v) is 7.61. The Balaban J connectivity index is 2.69. The molecule has 0 heteroatoms. The first-order chi connectivity index (χ1) is 17.0. The summed E-state index contributed by atoms with van der Waals surface area (Å²) in [4.78, 5) is 0. The van der Waals surface area contributed by atoms with Crippen LogP contribution in [0.15, 0.2) is 85.5 Å². The van der Waals surface area contributed by atoms with Gasteiger partial charge in [0.1, 0.15) is 0 Å². The highest BCUT2D eigenvalue weighted by Gasteiger charge is 2.23. The van der Waals surface area contributed by atoms with E-state index in [-0.39, 0.29) is 10.8 Å². The Morgan fingerprint density at radius 2 is 1.22 bits per heavy atom. The van der Waals surface area contributed by atoms with E-state index in [0.717, 1.165) is 6.42 Å². The van der Waals surface area contributed by atoms with Gasteiger partial charge in [-0.2, -0.15) is 0 Å². The minimum Gasteiger partial charge on any atom is -0.0991 e. The fraction of sp³-hybridized carbons (Fsp3) is 0.333. The van der Waals surface area contributed by atoms with Crippen molar-refractivity contribution >= 4 is 32.7 Å². The normalized spacial score (nSPS) is 14.0. The van der Waals surface area contributed by atoms with E-state index in [1.54, 1.807) is 0 Å². The lowest BCUT2D eigenvalue weighted by molar-refractivity contribution is 0.507. The second kappa shape index (κ2) is 10.9. The molecule has 0 aliphatic carbocycles. The summed E-state index contributed by atoms with van der Waals surface area (Å²) in [7, 11) is 0. The maximum absolute atomic E-state index is 3.92. The Hall–Kier alpha value is -3.12. The van der Waals surface area contributed by atoms with Gasteiger partial charge in [0.25, 0.3) is 0 Å². The molecule has 0 aliphatic heterocycles. The first-order valence-electron chi connectivity index (χ1n) is 13.3. The smallest absolute Gasteiger partial charge is 0.00296 e. The number of fused-ring (bicyclic) bond motifs is 2. The molecule has 36 heavy (non-hydrogen) atoms. The third-order valence-electron chi connectivity index (χ3n) is 7.61. The molecule has 0 saturated heterocycles. The second-order valence-corrected chi connectivity index (χ2v) is 11.3. The van der Waals surface area contributed by atoms with Gasteiger partial charge < -0.3 is 0 Å². The maximum Gasteiger partial charge on any atom is -0.00296 e. The number of rotatable bonds is 7. The average Bonchev–Trinajstić information content (AvgIpc) is 2.86. The molecule has 0 radical (unpaired) electrons. The van der Waals surface area contributed by atoms with E-state index in [0.29, 0.717) is 0 Å². The van der Waals surface area contributed by atoms with Crippen LogP contribution in [0.5, 0.6) is 0 Å². The van der Waals surface area contributed by atoms with Gasteiger partial charge in [-0.25, -0.2) is 0 Å². The molecular weight excluding hydrogens is 432 g/mol. The van der Waals surface area contributed by atoms with Crippen molar-refractivity contribution in [3.8, 4) is 0 Å². The summed E-state index contributed by atoms with van der Waals surface area (Å²) >= 11 is 0. The molecule has 0 atom stereocenters. The molecule has 0 nitrogen and oxygen atoms in total. The van der Waals surface area contributed by atoms with Gasteiger partial charge in [-0.1, -0.05) is 115 Å². The van der Waals surface area contributed by atoms with Crippen molar-refractivity contribution in [3.05, 3.63) is 108 Å². The largest absolute Gasteiger partial charge is 0.0991 e. The number of allylic oxidation sites excluding steroid dienone is 9. The van der Waals surface area contributed by atoms with Gasteiger partial charge in [-0.3, -0.25) is 0 Å². The van der Waals surface area contributed by atoms with E-state index < -0.39 is 0 Å². The average molecular weight is 477 g/mol. The fourth-order valence-electron chi connectivity index (χ4n) is 4.94. The van der Waals surface area contributed by atoms with E-state index in [1.165, 1.54) is 54.9 Å². The Morgan fingerprint density at radius 3 is 1.67 bits per heavy atom. The summed E-state index contributed by atoms with van der Waals surface area (Å²) in [6.07, 6.45) is 16.1. The first kappa shape index (κ1) is 27.5. The Bertz CT molecular complexity index is 1390. The zero-order valence-corrected chi connectivity index (χ0v) is 23.9. The summed E-state index contributed by atoms with van der Waals surface area (Å²) in [6.45, 7) is 24.1. The van der Waals surface area contributed by atoms with Crippen molar-refractivity contribution in [2.75, 3.05) is 0 Å². The highest BCUT2D eigenvalue weighted by atomic mass is 14.3. The summed E-state index contributed by atoms with van der Waals surface area (Å²) in [5.74, 6) is 0. The lowest BCUT2D eigenvalue weighted by atomic mass is 9.78. The van der Waals surface area contributed by atoms with Crippen LogP contribution in [-0.4, -0.2) is 0 Å². The molecule has 3 aromatic rings. The molecule has 0 heterocycles. The minimum absolute atomic E-state index is 0.0649. The van der Waals surface area contributed by atoms with E-state index >= 15 is 0 Å². The van der Waals surface area contributed by atoms with Gasteiger partial charge in [0.05, 0.1) is 0 Å². The number of hydrogen-bond donors (Lipinski definition) is 0. The van der Waals surface area contributed by atoms with Crippen molar-refractivity contribution in [1.82, 2.24) is 0 Å². The molecule has 0 saturated carbocycles. The molecule has 0 aliphatic rings. The Morgan fingerprint density at radius 1 is 0.722 bits per heavy atom. The molecule has 188 valence electrons. The quantitative estimate of drug-likeness (QED) is 0.235. The van der Waals surface area contributed by atoms with Crippen molar-refractivity contribution in [1.29, 1.82) is 0 Å². The molecule has 0 bridgehead atoms. The second-order valence-electron chi connectivity index (χ2n) is 11.3. The molecule has 0 amide bonds. The highest BCUT2D eigenvalue weighted by Crippen LogP contribution is 2.43. The molecule has 0 N–H and O–H groups in total. The molecule has 0 fully saturated rings. The minimum atomic E-state index is 0.0649. The summed E-state index contributed by atoms with van der Waals surface area (Å²) < 4.78 is 0. The van der Waals surface area contributed by atoms with E-state index in [4.69, 9.17) is 0 Å². The number of hydrogen-bond acceptors (Lipinski definition) is 0. The topological polar surface area (TPSA) is 0 Å². The molecular formula is C36H44. The number of benzene rings is 3. The summed E-state index contributed by atoms with van der Waals surface area (Å²) in [5, 5.41) is 5.22. The van der Waals surface area contributed by atoms with Crippen LogP contribution in [0, 0.1) is 0 Å². The van der Waals surface area contributed by atoms with Gasteiger partial charge in [-0.05, 0) is 105 Å². The first-order valence-corrected chi connectivity index (χ1v) is 13.3. The fourth-order valence-corrected chi connectivity index (χ4v) is 4.94. The molecule has 0 spiro atoms. The lowest BCUT2D eigenvalue weighted by Crippen LogP contribution is -2.15. The zero-order valence-electron chi connectivity index (χ0n) is 23.9. The van der Waals surface area contributed by atoms with Crippen LogP contribution < -0.4 is 0 Å². The van der Waals surface area contributed by atoms with Crippen molar-refractivity contribution in [2.24, 2.45) is 0 Å². The summed E-state index contributed by atoms with van der Waals surface area (Å²) in [5.41, 5.74) is 8.01. The van der Waals surface area contributed by atoms with Crippen LogP contribution in [0.25, 0.3) is 32.7 Å². The van der Waals surface area contributed by atoms with Crippen LogP contribution >= 0.6 is 0 Å². The van der Waals surface area contributed by atoms with Crippen LogP contribution in [0.4, 0.5) is 0 Å². The van der Waals surface area contributed by atoms with Crippen LogP contribution in [-0.2, 0) is 10.8 Å². The maximum atomic E-state index is 3.92. The van der Waals surface area contributed by atoms with Gasteiger partial charge in [0.2, 0.25) is 0 Å². The van der Waals surface area contributed by atoms with Crippen LogP contribution in [0.3, 0.4) is 0 Å². The lowest BCUT2D eigenvalue weighted by Gasteiger charge is -2.26. The highest BCUT2D eigenvalue weighted by molar-refractivity contribution is 6.17. The molecule has 0 aromatic heterocycles.